The molecule has 0 bridgehead atoms. The summed E-state index contributed by atoms with van der Waals surface area (Å²) in [5, 5.41) is 9.56. The van der Waals surface area contributed by atoms with Gasteiger partial charge in [-0.1, -0.05) is 20.8 Å². The van der Waals surface area contributed by atoms with E-state index in [0.717, 1.165) is 37.2 Å². The zero-order chi connectivity index (χ0) is 19.0. The Bertz CT molecular complexity index is 892. The molecule has 7 heteroatoms. The maximum Gasteiger partial charge on any atom is 0.199 e. The van der Waals surface area contributed by atoms with Gasteiger partial charge in [0.15, 0.2) is 11.6 Å². The zero-order valence-electron chi connectivity index (χ0n) is 16.9. The van der Waals surface area contributed by atoms with Crippen molar-refractivity contribution < 1.29 is 9.47 Å². The number of hydrogen-bond donors (Lipinski definition) is 0. The third-order valence-electron chi connectivity index (χ3n) is 7.53. The van der Waals surface area contributed by atoms with Gasteiger partial charge in [0, 0.05) is 36.9 Å². The highest BCUT2D eigenvalue weighted by Crippen LogP contribution is 2.62. The molecular formula is C20H29N5O2. The first kappa shape index (κ1) is 17.4. The van der Waals surface area contributed by atoms with Crippen molar-refractivity contribution in [3.8, 4) is 11.5 Å². The molecule has 0 radical (unpaired) electrons. The molecule has 1 aliphatic heterocycles. The summed E-state index contributed by atoms with van der Waals surface area (Å²) in [6.07, 6.45) is 5.80. The van der Waals surface area contributed by atoms with Gasteiger partial charge in [-0.3, -0.25) is 9.36 Å². The maximum atomic E-state index is 6.21. The minimum absolute atomic E-state index is 0.0163. The van der Waals surface area contributed by atoms with Gasteiger partial charge >= 0.3 is 0 Å². The topological polar surface area (TPSA) is 67.0 Å². The molecule has 2 aromatic heterocycles. The van der Waals surface area contributed by atoms with Crippen molar-refractivity contribution in [2.24, 2.45) is 25.4 Å². The minimum atomic E-state index is -0.436. The Hall–Kier alpha value is -1.73. The van der Waals surface area contributed by atoms with E-state index in [1.165, 1.54) is 11.3 Å². The minimum Gasteiger partial charge on any atom is -0.347 e. The molecule has 1 saturated heterocycles. The number of nitrogens with zero attached hydrogens (tertiary/aromatic N) is 5. The van der Waals surface area contributed by atoms with Crippen LogP contribution in [0.15, 0.2) is 6.33 Å². The van der Waals surface area contributed by atoms with Crippen molar-refractivity contribution in [2.75, 3.05) is 13.2 Å². The summed E-state index contributed by atoms with van der Waals surface area (Å²) in [5.74, 6) is 0.794. The Labute approximate surface area is 160 Å². The van der Waals surface area contributed by atoms with E-state index in [2.05, 4.69) is 30.9 Å². The summed E-state index contributed by atoms with van der Waals surface area (Å²) in [6.45, 7) is 8.46. The zero-order valence-corrected chi connectivity index (χ0v) is 16.9. The SMILES string of the molecule is Cn1cnc(-c2c3c(nn2C)C2(C)CCC4(OCCO4)C(C)(C)[C@@H]2CC3)n1. The van der Waals surface area contributed by atoms with E-state index >= 15 is 0 Å². The van der Waals surface area contributed by atoms with Crippen LogP contribution in [-0.4, -0.2) is 43.5 Å². The number of hydrogen-bond acceptors (Lipinski definition) is 5. The molecule has 5 rings (SSSR count). The fourth-order valence-electron chi connectivity index (χ4n) is 6.20. The first-order chi connectivity index (χ1) is 12.8. The van der Waals surface area contributed by atoms with Crippen LogP contribution in [0.1, 0.15) is 51.3 Å². The van der Waals surface area contributed by atoms with E-state index in [9.17, 15) is 0 Å². The van der Waals surface area contributed by atoms with Gasteiger partial charge < -0.3 is 9.47 Å². The van der Waals surface area contributed by atoms with E-state index in [1.807, 2.05) is 18.8 Å². The molecule has 146 valence electrons. The summed E-state index contributed by atoms with van der Waals surface area (Å²) in [7, 11) is 3.92. The molecule has 2 aliphatic carbocycles. The first-order valence-electron chi connectivity index (χ1n) is 9.99. The third-order valence-corrected chi connectivity index (χ3v) is 7.53. The second-order valence-electron chi connectivity index (χ2n) is 9.22. The largest absolute Gasteiger partial charge is 0.347 e. The molecule has 1 saturated carbocycles. The molecule has 1 spiro atoms. The Morgan fingerprint density at radius 1 is 1.07 bits per heavy atom. The van der Waals surface area contributed by atoms with Crippen molar-refractivity contribution in [1.82, 2.24) is 24.5 Å². The molecule has 2 atom stereocenters. The number of aromatic nitrogens is 5. The number of aryl methyl sites for hydroxylation is 2. The van der Waals surface area contributed by atoms with Crippen LogP contribution in [0, 0.1) is 11.3 Å². The van der Waals surface area contributed by atoms with Crippen LogP contribution < -0.4 is 0 Å². The van der Waals surface area contributed by atoms with Crippen LogP contribution in [0.2, 0.25) is 0 Å². The maximum absolute atomic E-state index is 6.21. The second-order valence-corrected chi connectivity index (χ2v) is 9.22. The van der Waals surface area contributed by atoms with Crippen molar-refractivity contribution in [1.29, 1.82) is 0 Å². The van der Waals surface area contributed by atoms with Crippen LogP contribution in [0.3, 0.4) is 0 Å². The summed E-state index contributed by atoms with van der Waals surface area (Å²) in [6, 6.07) is 0. The number of ether oxygens (including phenoxy) is 2. The molecular weight excluding hydrogens is 342 g/mol. The van der Waals surface area contributed by atoms with Crippen LogP contribution in [0.5, 0.6) is 0 Å². The number of fused-ring (bicyclic) bond motifs is 3. The molecule has 1 unspecified atom stereocenters. The molecule has 27 heavy (non-hydrogen) atoms. The van der Waals surface area contributed by atoms with E-state index in [-0.39, 0.29) is 10.8 Å². The Morgan fingerprint density at radius 2 is 1.81 bits per heavy atom. The van der Waals surface area contributed by atoms with Crippen LogP contribution in [-0.2, 0) is 35.4 Å². The molecule has 2 fully saturated rings. The lowest BCUT2D eigenvalue weighted by atomic mass is 9.49. The summed E-state index contributed by atoms with van der Waals surface area (Å²) < 4.78 is 16.2. The lowest BCUT2D eigenvalue weighted by Gasteiger charge is -2.59. The fourth-order valence-corrected chi connectivity index (χ4v) is 6.20. The molecule has 2 aromatic rings. The Morgan fingerprint density at radius 3 is 2.48 bits per heavy atom. The Balaban J connectivity index is 1.61. The second kappa shape index (κ2) is 5.41. The standard InChI is InChI=1S/C20H29N5O2/c1-18(2)14-7-6-13-15(17-21-12-24(4)23-17)25(5)22-16(13)19(14,3)8-9-20(18)26-10-11-27-20/h12,14H,6-11H2,1-5H3/t14-,19?/m0/s1. The summed E-state index contributed by atoms with van der Waals surface area (Å²) in [5.41, 5.74) is 3.57. The van der Waals surface area contributed by atoms with Crippen molar-refractivity contribution in [3.05, 3.63) is 17.6 Å². The van der Waals surface area contributed by atoms with Gasteiger partial charge in [0.2, 0.25) is 0 Å². The van der Waals surface area contributed by atoms with Gasteiger partial charge in [-0.05, 0) is 25.2 Å². The van der Waals surface area contributed by atoms with E-state index in [1.54, 1.807) is 11.0 Å². The lowest BCUT2D eigenvalue weighted by Crippen LogP contribution is -2.61. The van der Waals surface area contributed by atoms with Gasteiger partial charge in [0.1, 0.15) is 12.0 Å². The van der Waals surface area contributed by atoms with Gasteiger partial charge in [-0.2, -0.15) is 5.10 Å². The highest BCUT2D eigenvalue weighted by molar-refractivity contribution is 5.59. The first-order valence-corrected chi connectivity index (χ1v) is 9.99. The van der Waals surface area contributed by atoms with Crippen molar-refractivity contribution >= 4 is 0 Å². The normalized spacial score (nSPS) is 31.1. The lowest BCUT2D eigenvalue weighted by molar-refractivity contribution is -0.276. The van der Waals surface area contributed by atoms with Crippen molar-refractivity contribution in [2.45, 2.75) is 57.7 Å². The smallest absolute Gasteiger partial charge is 0.199 e. The molecule has 3 heterocycles. The average Bonchev–Trinajstić information content (AvgIpc) is 3.31. The van der Waals surface area contributed by atoms with Gasteiger partial charge in [0.25, 0.3) is 0 Å². The average molecular weight is 371 g/mol. The van der Waals surface area contributed by atoms with Gasteiger partial charge in [-0.15, -0.1) is 5.10 Å². The van der Waals surface area contributed by atoms with Crippen molar-refractivity contribution in [3.63, 3.8) is 0 Å². The summed E-state index contributed by atoms with van der Waals surface area (Å²) in [4.78, 5) is 4.49. The predicted molar refractivity (Wildman–Crippen MR) is 100 cm³/mol. The fraction of sp³-hybridized carbons (Fsp3) is 0.750. The van der Waals surface area contributed by atoms with E-state index in [4.69, 9.17) is 14.6 Å². The molecule has 0 amide bonds. The number of rotatable bonds is 1. The highest BCUT2D eigenvalue weighted by Gasteiger charge is 2.64. The molecule has 0 N–H and O–H groups in total. The van der Waals surface area contributed by atoms with Crippen LogP contribution >= 0.6 is 0 Å². The quantitative estimate of drug-likeness (QED) is 0.771. The predicted octanol–water partition coefficient (Wildman–Crippen LogP) is 2.60. The van der Waals surface area contributed by atoms with Crippen LogP contribution in [0.4, 0.5) is 0 Å². The van der Waals surface area contributed by atoms with E-state index in [0.29, 0.717) is 19.1 Å². The monoisotopic (exact) mass is 371 g/mol. The Kier molecular flexibility index (Phi) is 3.48. The van der Waals surface area contributed by atoms with Gasteiger partial charge in [-0.25, -0.2) is 4.98 Å². The molecule has 7 nitrogen and oxygen atoms in total. The molecule has 3 aliphatic rings. The van der Waals surface area contributed by atoms with Crippen LogP contribution in [0.25, 0.3) is 11.5 Å². The molecule has 0 aromatic carbocycles. The third kappa shape index (κ3) is 2.12. The van der Waals surface area contributed by atoms with Gasteiger partial charge in [0.05, 0.1) is 18.9 Å². The summed E-state index contributed by atoms with van der Waals surface area (Å²) >= 11 is 0. The highest BCUT2D eigenvalue weighted by atomic mass is 16.7. The van der Waals surface area contributed by atoms with E-state index < -0.39 is 5.79 Å².